The molecule has 134 valence electrons. The Labute approximate surface area is 157 Å². The Kier molecular flexibility index (Phi) is 4.33. The molecule has 0 unspecified atom stereocenters. The first kappa shape index (κ1) is 16.9. The molecule has 0 bridgehead atoms. The monoisotopic (exact) mass is 389 g/mol. The van der Waals surface area contributed by atoms with Crippen molar-refractivity contribution in [3.63, 3.8) is 0 Å². The highest BCUT2D eigenvalue weighted by atomic mass is 32.2. The Balaban J connectivity index is 1.44. The number of thioether (sulfide) groups is 1. The van der Waals surface area contributed by atoms with E-state index in [1.807, 2.05) is 0 Å². The van der Waals surface area contributed by atoms with E-state index in [0.717, 1.165) is 4.21 Å². The van der Waals surface area contributed by atoms with Crippen LogP contribution < -0.4 is 20.3 Å². The Hall–Kier alpha value is -2.52. The molecular formula is C17H15N3O4S2. The van der Waals surface area contributed by atoms with Gasteiger partial charge in [-0.15, -0.1) is 23.1 Å². The van der Waals surface area contributed by atoms with E-state index in [1.54, 1.807) is 38.2 Å². The molecule has 0 saturated heterocycles. The minimum atomic E-state index is -0.136. The van der Waals surface area contributed by atoms with Crippen molar-refractivity contribution in [1.29, 1.82) is 0 Å². The van der Waals surface area contributed by atoms with Gasteiger partial charge in [0.2, 0.25) is 12.7 Å². The highest BCUT2D eigenvalue weighted by Crippen LogP contribution is 2.34. The van der Waals surface area contributed by atoms with Gasteiger partial charge >= 0.3 is 0 Å². The van der Waals surface area contributed by atoms with Gasteiger partial charge in [-0.05, 0) is 25.1 Å². The number of rotatable bonds is 4. The average molecular weight is 389 g/mol. The summed E-state index contributed by atoms with van der Waals surface area (Å²) in [6, 6.07) is 7.07. The smallest absolute Gasteiger partial charge is 0.262 e. The van der Waals surface area contributed by atoms with Crippen LogP contribution in [0.2, 0.25) is 0 Å². The quantitative estimate of drug-likeness (QED) is 0.691. The lowest BCUT2D eigenvalue weighted by molar-refractivity contribution is -0.113. The van der Waals surface area contributed by atoms with Gasteiger partial charge in [-0.1, -0.05) is 0 Å². The van der Waals surface area contributed by atoms with E-state index in [0.29, 0.717) is 33.2 Å². The SMILES string of the molecule is Cc1nc2sc(SCC(=O)Nc3ccc4c(c3)OCO4)cc2c(=O)n1C. The van der Waals surface area contributed by atoms with Crippen LogP contribution in [0.3, 0.4) is 0 Å². The first-order chi connectivity index (χ1) is 12.5. The number of aromatic nitrogens is 2. The number of nitrogens with one attached hydrogen (secondary N) is 1. The molecule has 9 heteroatoms. The maximum absolute atomic E-state index is 12.3. The summed E-state index contributed by atoms with van der Waals surface area (Å²) in [5.41, 5.74) is 0.586. The lowest BCUT2D eigenvalue weighted by atomic mass is 10.3. The van der Waals surface area contributed by atoms with Crippen LogP contribution in [-0.2, 0) is 11.8 Å². The van der Waals surface area contributed by atoms with Gasteiger partial charge in [-0.25, -0.2) is 4.98 Å². The molecule has 1 N–H and O–H groups in total. The van der Waals surface area contributed by atoms with Crippen LogP contribution in [0.5, 0.6) is 11.5 Å². The maximum Gasteiger partial charge on any atom is 0.262 e. The van der Waals surface area contributed by atoms with Crippen molar-refractivity contribution in [1.82, 2.24) is 9.55 Å². The second-order valence-corrected chi connectivity index (χ2v) is 8.02. The Morgan fingerprint density at radius 3 is 3.00 bits per heavy atom. The van der Waals surface area contributed by atoms with E-state index in [2.05, 4.69) is 10.3 Å². The van der Waals surface area contributed by atoms with Crippen molar-refractivity contribution in [2.24, 2.45) is 7.05 Å². The van der Waals surface area contributed by atoms with E-state index in [-0.39, 0.29) is 24.0 Å². The lowest BCUT2D eigenvalue weighted by Gasteiger charge is -2.05. The summed E-state index contributed by atoms with van der Waals surface area (Å²) in [6.07, 6.45) is 0. The fourth-order valence-electron chi connectivity index (χ4n) is 2.52. The zero-order chi connectivity index (χ0) is 18.3. The maximum atomic E-state index is 12.3. The molecule has 0 radical (unpaired) electrons. The van der Waals surface area contributed by atoms with Gasteiger partial charge in [0, 0.05) is 18.8 Å². The molecule has 1 amide bonds. The Bertz CT molecular complexity index is 1070. The largest absolute Gasteiger partial charge is 0.454 e. The Morgan fingerprint density at radius 1 is 1.35 bits per heavy atom. The number of nitrogens with zero attached hydrogens (tertiary/aromatic N) is 2. The van der Waals surface area contributed by atoms with Gasteiger partial charge in [0.25, 0.3) is 5.56 Å². The van der Waals surface area contributed by atoms with Crippen molar-refractivity contribution in [2.75, 3.05) is 17.9 Å². The number of benzene rings is 1. The molecule has 1 aromatic carbocycles. The van der Waals surface area contributed by atoms with Crippen LogP contribution in [0, 0.1) is 6.92 Å². The number of fused-ring (bicyclic) bond motifs is 2. The average Bonchev–Trinajstić information content (AvgIpc) is 3.24. The minimum Gasteiger partial charge on any atom is -0.454 e. The first-order valence-electron chi connectivity index (χ1n) is 7.81. The summed E-state index contributed by atoms with van der Waals surface area (Å²) in [5.74, 6) is 2.06. The van der Waals surface area contributed by atoms with Crippen LogP contribution in [0.4, 0.5) is 5.69 Å². The van der Waals surface area contributed by atoms with Crippen LogP contribution in [-0.4, -0.2) is 28.0 Å². The number of anilines is 1. The van der Waals surface area contributed by atoms with E-state index in [4.69, 9.17) is 9.47 Å². The van der Waals surface area contributed by atoms with Gasteiger partial charge < -0.3 is 14.8 Å². The predicted molar refractivity (Wildman–Crippen MR) is 102 cm³/mol. The van der Waals surface area contributed by atoms with Gasteiger partial charge in [-0.3, -0.25) is 14.2 Å². The molecule has 0 atom stereocenters. The van der Waals surface area contributed by atoms with Gasteiger partial charge in [-0.2, -0.15) is 0 Å². The highest BCUT2D eigenvalue weighted by molar-refractivity contribution is 8.01. The van der Waals surface area contributed by atoms with Gasteiger partial charge in [0.1, 0.15) is 10.7 Å². The highest BCUT2D eigenvalue weighted by Gasteiger charge is 2.15. The number of amides is 1. The van der Waals surface area contributed by atoms with Crippen molar-refractivity contribution in [2.45, 2.75) is 11.1 Å². The molecule has 0 saturated carbocycles. The molecule has 0 spiro atoms. The summed E-state index contributed by atoms with van der Waals surface area (Å²) < 4.78 is 13.0. The summed E-state index contributed by atoms with van der Waals surface area (Å²) in [5, 5.41) is 3.42. The molecular weight excluding hydrogens is 374 g/mol. The normalized spacial score (nSPS) is 12.5. The van der Waals surface area contributed by atoms with Gasteiger partial charge in [0.05, 0.1) is 15.3 Å². The summed E-state index contributed by atoms with van der Waals surface area (Å²) in [7, 11) is 1.70. The van der Waals surface area contributed by atoms with Crippen molar-refractivity contribution >= 4 is 44.9 Å². The summed E-state index contributed by atoms with van der Waals surface area (Å²) in [4.78, 5) is 29.6. The lowest BCUT2D eigenvalue weighted by Crippen LogP contribution is -2.19. The molecule has 26 heavy (non-hydrogen) atoms. The van der Waals surface area contributed by atoms with Crippen LogP contribution in [0.25, 0.3) is 10.2 Å². The van der Waals surface area contributed by atoms with Crippen LogP contribution >= 0.6 is 23.1 Å². The van der Waals surface area contributed by atoms with E-state index in [1.165, 1.54) is 27.7 Å². The number of carbonyl (C=O) groups is 1. The number of hydrogen-bond donors (Lipinski definition) is 1. The predicted octanol–water partition coefficient (Wildman–Crippen LogP) is 2.76. The van der Waals surface area contributed by atoms with Crippen LogP contribution in [0.1, 0.15) is 5.82 Å². The number of hydrogen-bond acceptors (Lipinski definition) is 7. The zero-order valence-electron chi connectivity index (χ0n) is 14.1. The summed E-state index contributed by atoms with van der Waals surface area (Å²) in [6.45, 7) is 1.99. The number of thiophene rings is 1. The van der Waals surface area contributed by atoms with Gasteiger partial charge in [0.15, 0.2) is 11.5 Å². The molecule has 2 aromatic heterocycles. The molecule has 1 aliphatic rings. The fraction of sp³-hybridized carbons (Fsp3) is 0.235. The number of ether oxygens (including phenoxy) is 2. The zero-order valence-corrected chi connectivity index (χ0v) is 15.7. The standard InChI is InChI=1S/C17H15N3O4S2/c1-9-18-16-11(17(22)20(9)2)6-15(26-16)25-7-14(21)19-10-3-4-12-13(5-10)24-8-23-12/h3-6H,7-8H2,1-2H3,(H,19,21). The third kappa shape index (κ3) is 3.15. The molecule has 4 rings (SSSR count). The number of carbonyl (C=O) groups excluding carboxylic acids is 1. The van der Waals surface area contributed by atoms with E-state index in [9.17, 15) is 9.59 Å². The van der Waals surface area contributed by atoms with E-state index >= 15 is 0 Å². The van der Waals surface area contributed by atoms with Crippen molar-refractivity contribution < 1.29 is 14.3 Å². The second kappa shape index (κ2) is 6.65. The third-order valence-electron chi connectivity index (χ3n) is 3.98. The molecule has 1 aliphatic heterocycles. The topological polar surface area (TPSA) is 82.5 Å². The molecule has 7 nitrogen and oxygen atoms in total. The van der Waals surface area contributed by atoms with Crippen molar-refractivity contribution in [3.8, 4) is 11.5 Å². The molecule has 0 fully saturated rings. The second-order valence-electron chi connectivity index (χ2n) is 5.71. The summed E-state index contributed by atoms with van der Waals surface area (Å²) >= 11 is 2.80. The first-order valence-corrected chi connectivity index (χ1v) is 9.61. The van der Waals surface area contributed by atoms with E-state index < -0.39 is 0 Å². The molecule has 3 aromatic rings. The molecule has 0 aliphatic carbocycles. The number of aryl methyl sites for hydroxylation is 1. The third-order valence-corrected chi connectivity index (χ3v) is 6.21. The molecule has 3 heterocycles. The Morgan fingerprint density at radius 2 is 2.15 bits per heavy atom. The van der Waals surface area contributed by atoms with Crippen molar-refractivity contribution in [3.05, 3.63) is 40.4 Å². The minimum absolute atomic E-state index is 0.0691. The fourth-order valence-corrected chi connectivity index (χ4v) is 4.52. The van der Waals surface area contributed by atoms with Crippen LogP contribution in [0.15, 0.2) is 33.3 Å².